The van der Waals surface area contributed by atoms with E-state index in [9.17, 15) is 4.79 Å². The molecule has 3 heterocycles. The molecule has 1 atom stereocenters. The minimum absolute atomic E-state index is 0.0637. The van der Waals surface area contributed by atoms with E-state index in [1.54, 1.807) is 16.9 Å². The number of hydrogen-bond acceptors (Lipinski definition) is 5. The van der Waals surface area contributed by atoms with Gasteiger partial charge < -0.3 is 10.6 Å². The van der Waals surface area contributed by atoms with Crippen LogP contribution in [0.2, 0.25) is 0 Å². The fourth-order valence-corrected chi connectivity index (χ4v) is 3.66. The van der Waals surface area contributed by atoms with Crippen molar-refractivity contribution in [3.05, 3.63) is 71.7 Å². The van der Waals surface area contributed by atoms with Gasteiger partial charge in [-0.05, 0) is 37.1 Å². The normalized spacial score (nSPS) is 16.5. The van der Waals surface area contributed by atoms with Crippen LogP contribution >= 0.6 is 0 Å². The largest absolute Gasteiger partial charge is 0.365 e. The Bertz CT molecular complexity index is 1040. The maximum atomic E-state index is 12.1. The minimum Gasteiger partial charge on any atom is -0.365 e. The molecule has 4 rings (SSSR count). The molecule has 0 unspecified atom stereocenters. The van der Waals surface area contributed by atoms with Gasteiger partial charge in [-0.25, -0.2) is 9.67 Å². The van der Waals surface area contributed by atoms with Crippen molar-refractivity contribution in [1.82, 2.24) is 14.8 Å². The van der Waals surface area contributed by atoms with E-state index in [2.05, 4.69) is 16.0 Å². The second-order valence-corrected chi connectivity index (χ2v) is 6.85. The van der Waals surface area contributed by atoms with Crippen LogP contribution in [0.5, 0.6) is 0 Å². The van der Waals surface area contributed by atoms with Gasteiger partial charge in [0, 0.05) is 25.2 Å². The summed E-state index contributed by atoms with van der Waals surface area (Å²) in [4.78, 5) is 18.6. The lowest BCUT2D eigenvalue weighted by Gasteiger charge is -2.33. The highest BCUT2D eigenvalue weighted by Gasteiger charge is 2.28. The highest BCUT2D eigenvalue weighted by atomic mass is 16.1. The summed E-state index contributed by atoms with van der Waals surface area (Å²) in [7, 11) is 0. The number of carbonyl (C=O) groups is 1. The first-order valence-corrected chi connectivity index (χ1v) is 9.22. The third-order valence-electron chi connectivity index (χ3n) is 5.01. The van der Waals surface area contributed by atoms with Gasteiger partial charge in [-0.3, -0.25) is 4.79 Å². The van der Waals surface area contributed by atoms with Gasteiger partial charge in [0.05, 0.1) is 16.9 Å². The molecule has 1 fully saturated rings. The first-order chi connectivity index (χ1) is 13.7. The number of anilines is 1. The number of nitrogens with zero attached hydrogens (tertiary/aromatic N) is 5. The molecule has 140 valence electrons. The topological polar surface area (TPSA) is 101 Å². The first-order valence-electron chi connectivity index (χ1n) is 9.22. The molecular weight excluding hydrogens is 352 g/mol. The number of piperidine rings is 1. The number of pyridine rings is 1. The molecule has 0 bridgehead atoms. The summed E-state index contributed by atoms with van der Waals surface area (Å²) in [6.45, 7) is 1.53. The number of amides is 1. The van der Waals surface area contributed by atoms with Crippen LogP contribution in [0.3, 0.4) is 0 Å². The van der Waals surface area contributed by atoms with Gasteiger partial charge in [0.2, 0.25) is 0 Å². The molecule has 1 amide bonds. The lowest BCUT2D eigenvalue weighted by Crippen LogP contribution is -2.35. The quantitative estimate of drug-likeness (QED) is 0.759. The fourth-order valence-electron chi connectivity index (χ4n) is 3.66. The van der Waals surface area contributed by atoms with E-state index in [1.165, 1.54) is 0 Å². The molecule has 2 aromatic heterocycles. The van der Waals surface area contributed by atoms with Crippen LogP contribution < -0.4 is 10.6 Å². The Hall–Kier alpha value is -3.66. The Morgan fingerprint density at radius 1 is 1.18 bits per heavy atom. The van der Waals surface area contributed by atoms with E-state index in [4.69, 9.17) is 16.1 Å². The van der Waals surface area contributed by atoms with Gasteiger partial charge >= 0.3 is 0 Å². The van der Waals surface area contributed by atoms with E-state index in [0.29, 0.717) is 17.8 Å². The van der Waals surface area contributed by atoms with Crippen LogP contribution in [0.1, 0.15) is 40.5 Å². The average Bonchev–Trinajstić information content (AvgIpc) is 3.20. The SMILES string of the molecule is N#Cc1cccc(N2CCC[C@@H](c3nn(-c4ccccc4)cc3C(N)=O)C2)n1. The van der Waals surface area contributed by atoms with Crippen LogP contribution in [0.15, 0.2) is 54.7 Å². The van der Waals surface area contributed by atoms with Crippen molar-refractivity contribution >= 4 is 11.7 Å². The molecule has 0 saturated carbocycles. The molecule has 3 aromatic rings. The summed E-state index contributed by atoms with van der Waals surface area (Å²) in [5, 5.41) is 13.8. The van der Waals surface area contributed by atoms with Crippen molar-refractivity contribution < 1.29 is 4.79 Å². The average molecular weight is 372 g/mol. The highest BCUT2D eigenvalue weighted by Crippen LogP contribution is 2.31. The van der Waals surface area contributed by atoms with Gasteiger partial charge in [-0.15, -0.1) is 0 Å². The van der Waals surface area contributed by atoms with Gasteiger partial charge in [0.15, 0.2) is 0 Å². The summed E-state index contributed by atoms with van der Waals surface area (Å²) >= 11 is 0. The molecule has 7 nitrogen and oxygen atoms in total. The van der Waals surface area contributed by atoms with E-state index >= 15 is 0 Å². The number of benzene rings is 1. The number of primary amides is 1. The van der Waals surface area contributed by atoms with E-state index < -0.39 is 5.91 Å². The third kappa shape index (κ3) is 3.45. The van der Waals surface area contributed by atoms with Crippen LogP contribution in [0.4, 0.5) is 5.82 Å². The molecule has 0 aliphatic carbocycles. The maximum absolute atomic E-state index is 12.1. The molecule has 1 aromatic carbocycles. The molecular formula is C21H20N6O. The highest BCUT2D eigenvalue weighted by molar-refractivity contribution is 5.94. The van der Waals surface area contributed by atoms with Gasteiger partial charge in [0.25, 0.3) is 5.91 Å². The Morgan fingerprint density at radius 3 is 2.75 bits per heavy atom. The van der Waals surface area contributed by atoms with E-state index in [1.807, 2.05) is 42.5 Å². The number of para-hydroxylation sites is 1. The summed E-state index contributed by atoms with van der Waals surface area (Å²) < 4.78 is 1.71. The van der Waals surface area contributed by atoms with Gasteiger partial charge in [0.1, 0.15) is 17.6 Å². The Kier molecular flexibility index (Phi) is 4.77. The van der Waals surface area contributed by atoms with Crippen molar-refractivity contribution in [2.45, 2.75) is 18.8 Å². The zero-order valence-electron chi connectivity index (χ0n) is 15.3. The summed E-state index contributed by atoms with van der Waals surface area (Å²) in [6.07, 6.45) is 3.57. The zero-order chi connectivity index (χ0) is 19.5. The molecule has 0 radical (unpaired) electrons. The zero-order valence-corrected chi connectivity index (χ0v) is 15.3. The molecule has 1 saturated heterocycles. The molecule has 2 N–H and O–H groups in total. The molecule has 7 heteroatoms. The Morgan fingerprint density at radius 2 is 2.00 bits per heavy atom. The van der Waals surface area contributed by atoms with Crippen molar-refractivity contribution in [3.8, 4) is 11.8 Å². The second kappa shape index (κ2) is 7.53. The standard InChI is InChI=1S/C21H20N6O/c22-12-16-7-4-10-19(24-16)26-11-5-6-15(13-26)20-18(21(23)28)14-27(25-20)17-8-2-1-3-9-17/h1-4,7-10,14-15H,5-6,11,13H2,(H2,23,28)/t15-/m1/s1. The molecule has 1 aliphatic rings. The van der Waals surface area contributed by atoms with Gasteiger partial charge in [-0.2, -0.15) is 10.4 Å². The van der Waals surface area contributed by atoms with Crippen molar-refractivity contribution in [1.29, 1.82) is 5.26 Å². The summed E-state index contributed by atoms with van der Waals surface area (Å²) in [5.41, 5.74) is 8.09. The van der Waals surface area contributed by atoms with Crippen LogP contribution in [0, 0.1) is 11.3 Å². The lowest BCUT2D eigenvalue weighted by atomic mass is 9.92. The monoisotopic (exact) mass is 372 g/mol. The lowest BCUT2D eigenvalue weighted by molar-refractivity contribution is 0.0999. The van der Waals surface area contributed by atoms with Gasteiger partial charge in [-0.1, -0.05) is 24.3 Å². The van der Waals surface area contributed by atoms with E-state index in [-0.39, 0.29) is 5.92 Å². The summed E-state index contributed by atoms with van der Waals surface area (Å²) in [6, 6.07) is 17.2. The maximum Gasteiger partial charge on any atom is 0.252 e. The van der Waals surface area contributed by atoms with Crippen molar-refractivity contribution in [3.63, 3.8) is 0 Å². The smallest absolute Gasteiger partial charge is 0.252 e. The molecule has 1 aliphatic heterocycles. The van der Waals surface area contributed by atoms with Crippen LogP contribution in [-0.2, 0) is 0 Å². The molecule has 28 heavy (non-hydrogen) atoms. The number of aromatic nitrogens is 3. The minimum atomic E-state index is -0.473. The molecule has 0 spiro atoms. The van der Waals surface area contributed by atoms with Crippen molar-refractivity contribution in [2.24, 2.45) is 5.73 Å². The Labute approximate surface area is 163 Å². The number of nitriles is 1. The summed E-state index contributed by atoms with van der Waals surface area (Å²) in [5.74, 6) is 0.361. The first kappa shape index (κ1) is 17.7. The predicted octanol–water partition coefficient (Wildman–Crippen LogP) is 2.62. The Balaban J connectivity index is 1.65. The van der Waals surface area contributed by atoms with Crippen molar-refractivity contribution in [2.75, 3.05) is 18.0 Å². The second-order valence-electron chi connectivity index (χ2n) is 6.85. The number of hydrogen-bond donors (Lipinski definition) is 1. The third-order valence-corrected chi connectivity index (χ3v) is 5.01. The van der Waals surface area contributed by atoms with Crippen LogP contribution in [-0.4, -0.2) is 33.8 Å². The fraction of sp³-hybridized carbons (Fsp3) is 0.238. The number of carbonyl (C=O) groups excluding carboxylic acids is 1. The van der Waals surface area contributed by atoms with E-state index in [0.717, 1.165) is 36.6 Å². The predicted molar refractivity (Wildman–Crippen MR) is 105 cm³/mol. The van der Waals surface area contributed by atoms with Crippen LogP contribution in [0.25, 0.3) is 5.69 Å². The number of rotatable bonds is 4. The number of nitrogens with two attached hydrogens (primary N) is 1.